The molecule has 0 spiro atoms. The summed E-state index contributed by atoms with van der Waals surface area (Å²) in [4.78, 5) is 0. The SMILES string of the molecule is CC(C)=CCc1cc(C)ccc1O. The zero-order chi connectivity index (χ0) is 9.84. The van der Waals surface area contributed by atoms with E-state index >= 15 is 0 Å². The number of phenolic OH excluding ortho intramolecular Hbond substituents is 1. The second kappa shape index (κ2) is 4.13. The molecular weight excluding hydrogens is 160 g/mol. The van der Waals surface area contributed by atoms with Gasteiger partial charge in [-0.25, -0.2) is 0 Å². The van der Waals surface area contributed by atoms with Crippen LogP contribution in [-0.4, -0.2) is 5.11 Å². The lowest BCUT2D eigenvalue weighted by atomic mass is 10.1. The molecule has 70 valence electrons. The fourth-order valence-corrected chi connectivity index (χ4v) is 1.19. The molecule has 1 heteroatoms. The molecular formula is C12H16O. The summed E-state index contributed by atoms with van der Waals surface area (Å²) in [6.45, 7) is 6.16. The number of hydrogen-bond acceptors (Lipinski definition) is 1. The molecule has 0 saturated carbocycles. The van der Waals surface area contributed by atoms with Gasteiger partial charge in [-0.2, -0.15) is 0 Å². The number of phenols is 1. The summed E-state index contributed by atoms with van der Waals surface area (Å²) in [6.07, 6.45) is 2.93. The predicted molar refractivity (Wildman–Crippen MR) is 56.0 cm³/mol. The first-order chi connectivity index (χ1) is 6.09. The number of aromatic hydroxyl groups is 1. The van der Waals surface area contributed by atoms with Crippen molar-refractivity contribution in [3.05, 3.63) is 41.0 Å². The average molecular weight is 176 g/mol. The van der Waals surface area contributed by atoms with E-state index in [9.17, 15) is 5.11 Å². The van der Waals surface area contributed by atoms with Gasteiger partial charge in [-0.15, -0.1) is 0 Å². The summed E-state index contributed by atoms with van der Waals surface area (Å²) in [5, 5.41) is 9.52. The number of aryl methyl sites for hydroxylation is 1. The van der Waals surface area contributed by atoms with E-state index in [4.69, 9.17) is 0 Å². The summed E-state index contributed by atoms with van der Waals surface area (Å²) in [7, 11) is 0. The molecule has 0 aromatic heterocycles. The summed E-state index contributed by atoms with van der Waals surface area (Å²) in [6, 6.07) is 5.69. The highest BCUT2D eigenvalue weighted by atomic mass is 16.3. The second-order valence-electron chi connectivity index (χ2n) is 3.62. The van der Waals surface area contributed by atoms with Crippen LogP contribution in [0.5, 0.6) is 5.75 Å². The lowest BCUT2D eigenvalue weighted by Gasteiger charge is -2.02. The van der Waals surface area contributed by atoms with Gasteiger partial charge in [0.25, 0.3) is 0 Å². The van der Waals surface area contributed by atoms with Crippen molar-refractivity contribution < 1.29 is 5.11 Å². The Bertz CT molecular complexity index is 320. The van der Waals surface area contributed by atoms with Crippen molar-refractivity contribution >= 4 is 0 Å². The maximum Gasteiger partial charge on any atom is 0.119 e. The Morgan fingerprint density at radius 3 is 2.69 bits per heavy atom. The maximum atomic E-state index is 9.52. The lowest BCUT2D eigenvalue weighted by molar-refractivity contribution is 0.469. The Balaban J connectivity index is 2.87. The number of hydrogen-bond donors (Lipinski definition) is 1. The summed E-state index contributed by atoms with van der Waals surface area (Å²) >= 11 is 0. The van der Waals surface area contributed by atoms with Gasteiger partial charge in [0.05, 0.1) is 0 Å². The largest absolute Gasteiger partial charge is 0.508 e. The normalized spacial score (nSPS) is 9.77. The van der Waals surface area contributed by atoms with E-state index in [1.54, 1.807) is 6.07 Å². The van der Waals surface area contributed by atoms with Crippen LogP contribution < -0.4 is 0 Å². The molecule has 13 heavy (non-hydrogen) atoms. The molecule has 0 unspecified atom stereocenters. The Morgan fingerprint density at radius 2 is 2.08 bits per heavy atom. The van der Waals surface area contributed by atoms with E-state index in [0.29, 0.717) is 5.75 Å². The smallest absolute Gasteiger partial charge is 0.119 e. The van der Waals surface area contributed by atoms with Crippen molar-refractivity contribution in [1.82, 2.24) is 0 Å². The third kappa shape index (κ3) is 2.94. The van der Waals surface area contributed by atoms with Gasteiger partial charge in [0.1, 0.15) is 5.75 Å². The quantitative estimate of drug-likeness (QED) is 0.686. The van der Waals surface area contributed by atoms with Gasteiger partial charge in [-0.05, 0) is 38.8 Å². The first-order valence-corrected chi connectivity index (χ1v) is 4.51. The van der Waals surface area contributed by atoms with Crippen molar-refractivity contribution in [3.63, 3.8) is 0 Å². The molecule has 0 aliphatic heterocycles. The highest BCUT2D eigenvalue weighted by molar-refractivity contribution is 5.37. The van der Waals surface area contributed by atoms with E-state index in [2.05, 4.69) is 19.9 Å². The third-order valence-corrected chi connectivity index (χ3v) is 1.97. The van der Waals surface area contributed by atoms with E-state index in [-0.39, 0.29) is 0 Å². The van der Waals surface area contributed by atoms with Gasteiger partial charge in [0.15, 0.2) is 0 Å². The van der Waals surface area contributed by atoms with Crippen molar-refractivity contribution in [1.29, 1.82) is 0 Å². The van der Waals surface area contributed by atoms with E-state index < -0.39 is 0 Å². The van der Waals surface area contributed by atoms with Crippen LogP contribution >= 0.6 is 0 Å². The van der Waals surface area contributed by atoms with E-state index in [1.165, 1.54) is 11.1 Å². The molecule has 1 rings (SSSR count). The molecule has 0 saturated heterocycles. The first-order valence-electron chi connectivity index (χ1n) is 4.51. The highest BCUT2D eigenvalue weighted by Gasteiger charge is 1.98. The molecule has 1 aromatic rings. The Kier molecular flexibility index (Phi) is 3.13. The zero-order valence-corrected chi connectivity index (χ0v) is 8.46. The fourth-order valence-electron chi connectivity index (χ4n) is 1.19. The van der Waals surface area contributed by atoms with E-state index in [0.717, 1.165) is 12.0 Å². The van der Waals surface area contributed by atoms with Crippen LogP contribution in [0.1, 0.15) is 25.0 Å². The summed E-state index contributed by atoms with van der Waals surface area (Å²) < 4.78 is 0. The number of allylic oxidation sites excluding steroid dienone is 2. The predicted octanol–water partition coefficient (Wildman–Crippen LogP) is 3.21. The standard InChI is InChI=1S/C12H16O/c1-9(2)4-6-11-8-10(3)5-7-12(11)13/h4-5,7-8,13H,6H2,1-3H3. The van der Waals surface area contributed by atoms with Crippen LogP contribution in [0.3, 0.4) is 0 Å². The van der Waals surface area contributed by atoms with Crippen molar-refractivity contribution in [2.24, 2.45) is 0 Å². The number of rotatable bonds is 2. The van der Waals surface area contributed by atoms with Gasteiger partial charge in [-0.1, -0.05) is 29.3 Å². The van der Waals surface area contributed by atoms with Gasteiger partial charge in [0.2, 0.25) is 0 Å². The van der Waals surface area contributed by atoms with Crippen molar-refractivity contribution in [3.8, 4) is 5.75 Å². The molecule has 1 nitrogen and oxygen atoms in total. The Hall–Kier alpha value is -1.24. The average Bonchev–Trinajstić information content (AvgIpc) is 2.06. The molecule has 0 radical (unpaired) electrons. The molecule has 0 aliphatic carbocycles. The molecule has 1 aromatic carbocycles. The summed E-state index contributed by atoms with van der Waals surface area (Å²) in [5.74, 6) is 0.392. The van der Waals surface area contributed by atoms with Crippen LogP contribution in [0.25, 0.3) is 0 Å². The molecule has 1 N–H and O–H groups in total. The van der Waals surface area contributed by atoms with Crippen molar-refractivity contribution in [2.75, 3.05) is 0 Å². The Labute approximate surface area is 79.7 Å². The van der Waals surface area contributed by atoms with Crippen LogP contribution in [0, 0.1) is 6.92 Å². The van der Waals surface area contributed by atoms with Gasteiger partial charge in [0, 0.05) is 0 Å². The second-order valence-corrected chi connectivity index (χ2v) is 3.62. The van der Waals surface area contributed by atoms with Crippen molar-refractivity contribution in [2.45, 2.75) is 27.2 Å². The molecule has 0 amide bonds. The zero-order valence-electron chi connectivity index (χ0n) is 8.46. The third-order valence-electron chi connectivity index (χ3n) is 1.97. The molecule has 0 aliphatic rings. The fraction of sp³-hybridized carbons (Fsp3) is 0.333. The minimum Gasteiger partial charge on any atom is -0.508 e. The van der Waals surface area contributed by atoms with Crippen LogP contribution in [-0.2, 0) is 6.42 Å². The molecule has 0 bridgehead atoms. The molecule has 0 heterocycles. The minimum absolute atomic E-state index is 0.392. The van der Waals surface area contributed by atoms with Gasteiger partial charge >= 0.3 is 0 Å². The lowest BCUT2D eigenvalue weighted by Crippen LogP contribution is -1.84. The topological polar surface area (TPSA) is 20.2 Å². The first kappa shape index (κ1) is 9.85. The van der Waals surface area contributed by atoms with Gasteiger partial charge in [-0.3, -0.25) is 0 Å². The van der Waals surface area contributed by atoms with Crippen LogP contribution in [0.15, 0.2) is 29.8 Å². The van der Waals surface area contributed by atoms with Crippen LogP contribution in [0.2, 0.25) is 0 Å². The molecule has 0 atom stereocenters. The maximum absolute atomic E-state index is 9.52. The van der Waals surface area contributed by atoms with E-state index in [1.807, 2.05) is 19.1 Å². The van der Waals surface area contributed by atoms with Gasteiger partial charge < -0.3 is 5.11 Å². The monoisotopic (exact) mass is 176 g/mol. The molecule has 0 fully saturated rings. The summed E-state index contributed by atoms with van der Waals surface area (Å²) in [5.41, 5.74) is 3.47. The number of benzene rings is 1. The minimum atomic E-state index is 0.392. The van der Waals surface area contributed by atoms with Crippen LogP contribution in [0.4, 0.5) is 0 Å². The highest BCUT2D eigenvalue weighted by Crippen LogP contribution is 2.19. The Morgan fingerprint density at radius 1 is 1.38 bits per heavy atom.